The number of para-hydroxylation sites is 1. The normalized spacial score (nSPS) is 18.3. The maximum Gasteiger partial charge on any atom is 0.0702 e. The smallest absolute Gasteiger partial charge is 0.0702 e. The number of benzene rings is 1. The third-order valence-electron chi connectivity index (χ3n) is 3.69. The molecule has 1 fully saturated rings. The van der Waals surface area contributed by atoms with Gasteiger partial charge < -0.3 is 5.73 Å². The van der Waals surface area contributed by atoms with Crippen LogP contribution in [0.25, 0.3) is 10.9 Å². The van der Waals surface area contributed by atoms with Crippen molar-refractivity contribution in [1.82, 2.24) is 9.88 Å². The second-order valence-corrected chi connectivity index (χ2v) is 5.15. The zero-order valence-electron chi connectivity index (χ0n) is 10.5. The Kier molecular flexibility index (Phi) is 3.26. The summed E-state index contributed by atoms with van der Waals surface area (Å²) in [6, 6.07) is 10.9. The lowest BCUT2D eigenvalue weighted by atomic mass is 10.1. The maximum absolute atomic E-state index is 5.93. The van der Waals surface area contributed by atoms with Gasteiger partial charge in [0.05, 0.1) is 5.52 Å². The minimum absolute atomic E-state index is 0.399. The molecular weight excluding hydrogens is 222 g/mol. The van der Waals surface area contributed by atoms with E-state index in [1.165, 1.54) is 10.9 Å². The van der Waals surface area contributed by atoms with Gasteiger partial charge in [0, 0.05) is 24.2 Å². The Labute approximate surface area is 108 Å². The van der Waals surface area contributed by atoms with Gasteiger partial charge in [-0.1, -0.05) is 18.2 Å². The van der Waals surface area contributed by atoms with Crippen LogP contribution in [0.2, 0.25) is 0 Å². The van der Waals surface area contributed by atoms with Gasteiger partial charge in [-0.05, 0) is 43.6 Å². The van der Waals surface area contributed by atoms with Crippen LogP contribution in [0.3, 0.4) is 0 Å². The van der Waals surface area contributed by atoms with Crippen LogP contribution >= 0.6 is 0 Å². The highest BCUT2D eigenvalue weighted by molar-refractivity contribution is 5.78. The van der Waals surface area contributed by atoms with Gasteiger partial charge in [0.15, 0.2) is 0 Å². The fraction of sp³-hybridized carbons (Fsp3) is 0.400. The number of nitrogens with two attached hydrogens (primary N) is 1. The quantitative estimate of drug-likeness (QED) is 0.876. The molecule has 0 radical (unpaired) electrons. The SMILES string of the molecule is NC1CCN(Cc2cnc3ccccc3c2)CC1. The fourth-order valence-corrected chi connectivity index (χ4v) is 2.57. The summed E-state index contributed by atoms with van der Waals surface area (Å²) in [5.74, 6) is 0. The Morgan fingerprint density at radius 1 is 1.22 bits per heavy atom. The fourth-order valence-electron chi connectivity index (χ4n) is 2.57. The number of likely N-dealkylation sites (tertiary alicyclic amines) is 1. The number of piperidine rings is 1. The van der Waals surface area contributed by atoms with Gasteiger partial charge in [-0.15, -0.1) is 0 Å². The average molecular weight is 241 g/mol. The zero-order valence-corrected chi connectivity index (χ0v) is 10.5. The summed E-state index contributed by atoms with van der Waals surface area (Å²) in [6.45, 7) is 3.20. The van der Waals surface area contributed by atoms with Gasteiger partial charge in [0.25, 0.3) is 0 Å². The first-order valence-corrected chi connectivity index (χ1v) is 6.63. The van der Waals surface area contributed by atoms with Crippen molar-refractivity contribution in [1.29, 1.82) is 0 Å². The van der Waals surface area contributed by atoms with Crippen molar-refractivity contribution in [3.8, 4) is 0 Å². The standard InChI is InChI=1S/C15H19N3/c16-14-5-7-18(8-6-14)11-12-9-13-3-1-2-4-15(13)17-10-12/h1-4,9-10,14H,5-8,11,16H2. The summed E-state index contributed by atoms with van der Waals surface area (Å²) < 4.78 is 0. The van der Waals surface area contributed by atoms with E-state index in [9.17, 15) is 0 Å². The second-order valence-electron chi connectivity index (χ2n) is 5.15. The van der Waals surface area contributed by atoms with Gasteiger partial charge in [-0.2, -0.15) is 0 Å². The van der Waals surface area contributed by atoms with Crippen LogP contribution in [0.15, 0.2) is 36.5 Å². The third kappa shape index (κ3) is 2.52. The van der Waals surface area contributed by atoms with Crippen LogP contribution in [0.4, 0.5) is 0 Å². The molecule has 1 aliphatic heterocycles. The molecule has 2 aromatic rings. The monoisotopic (exact) mass is 241 g/mol. The predicted molar refractivity (Wildman–Crippen MR) is 74.2 cm³/mol. The lowest BCUT2D eigenvalue weighted by Gasteiger charge is -2.29. The second kappa shape index (κ2) is 5.04. The van der Waals surface area contributed by atoms with Crippen LogP contribution in [-0.4, -0.2) is 29.0 Å². The molecule has 94 valence electrons. The minimum atomic E-state index is 0.399. The molecule has 0 unspecified atom stereocenters. The number of rotatable bonds is 2. The Morgan fingerprint density at radius 2 is 2.00 bits per heavy atom. The van der Waals surface area contributed by atoms with Crippen molar-refractivity contribution >= 4 is 10.9 Å². The molecule has 18 heavy (non-hydrogen) atoms. The first kappa shape index (κ1) is 11.6. The Morgan fingerprint density at radius 3 is 2.83 bits per heavy atom. The van der Waals surface area contributed by atoms with E-state index in [-0.39, 0.29) is 0 Å². The summed E-state index contributed by atoms with van der Waals surface area (Å²) in [5, 5.41) is 1.23. The minimum Gasteiger partial charge on any atom is -0.328 e. The van der Waals surface area contributed by atoms with Crippen LogP contribution in [0, 0.1) is 0 Å². The third-order valence-corrected chi connectivity index (χ3v) is 3.69. The Bertz CT molecular complexity index is 530. The molecule has 0 aliphatic carbocycles. The van der Waals surface area contributed by atoms with Gasteiger partial charge in [0.2, 0.25) is 0 Å². The van der Waals surface area contributed by atoms with E-state index >= 15 is 0 Å². The summed E-state index contributed by atoms with van der Waals surface area (Å²) >= 11 is 0. The molecular formula is C15H19N3. The molecule has 1 aliphatic rings. The van der Waals surface area contributed by atoms with E-state index in [0.29, 0.717) is 6.04 Å². The van der Waals surface area contributed by atoms with Crippen LogP contribution in [0.5, 0.6) is 0 Å². The molecule has 0 amide bonds. The molecule has 0 spiro atoms. The summed E-state index contributed by atoms with van der Waals surface area (Å²) in [7, 11) is 0. The molecule has 3 heteroatoms. The van der Waals surface area contributed by atoms with Gasteiger partial charge in [0.1, 0.15) is 0 Å². The largest absolute Gasteiger partial charge is 0.328 e. The first-order valence-electron chi connectivity index (χ1n) is 6.63. The predicted octanol–water partition coefficient (Wildman–Crippen LogP) is 2.16. The molecule has 0 saturated carbocycles. The number of aromatic nitrogens is 1. The molecule has 1 aromatic heterocycles. The lowest BCUT2D eigenvalue weighted by Crippen LogP contribution is -2.39. The van der Waals surface area contributed by atoms with E-state index in [4.69, 9.17) is 5.73 Å². The molecule has 1 saturated heterocycles. The molecule has 0 bridgehead atoms. The van der Waals surface area contributed by atoms with Crippen molar-refractivity contribution in [2.45, 2.75) is 25.4 Å². The summed E-state index contributed by atoms with van der Waals surface area (Å²) in [6.07, 6.45) is 4.22. The highest BCUT2D eigenvalue weighted by Gasteiger charge is 2.15. The number of hydrogen-bond acceptors (Lipinski definition) is 3. The molecule has 1 aromatic carbocycles. The van der Waals surface area contributed by atoms with E-state index in [1.54, 1.807) is 0 Å². The zero-order chi connectivity index (χ0) is 12.4. The Balaban J connectivity index is 1.74. The molecule has 2 heterocycles. The van der Waals surface area contributed by atoms with E-state index in [0.717, 1.165) is 38.0 Å². The van der Waals surface area contributed by atoms with Crippen molar-refractivity contribution in [2.24, 2.45) is 5.73 Å². The van der Waals surface area contributed by atoms with Crippen LogP contribution in [0.1, 0.15) is 18.4 Å². The maximum atomic E-state index is 5.93. The first-order chi connectivity index (χ1) is 8.81. The van der Waals surface area contributed by atoms with Gasteiger partial charge in [-0.25, -0.2) is 0 Å². The lowest BCUT2D eigenvalue weighted by molar-refractivity contribution is 0.205. The summed E-state index contributed by atoms with van der Waals surface area (Å²) in [4.78, 5) is 6.98. The highest BCUT2D eigenvalue weighted by Crippen LogP contribution is 2.16. The van der Waals surface area contributed by atoms with Crippen LogP contribution < -0.4 is 5.73 Å². The van der Waals surface area contributed by atoms with Crippen molar-refractivity contribution in [3.05, 3.63) is 42.1 Å². The van der Waals surface area contributed by atoms with Crippen LogP contribution in [-0.2, 0) is 6.54 Å². The van der Waals surface area contributed by atoms with Crippen molar-refractivity contribution in [2.75, 3.05) is 13.1 Å². The van der Waals surface area contributed by atoms with Gasteiger partial charge in [-0.3, -0.25) is 9.88 Å². The topological polar surface area (TPSA) is 42.1 Å². The number of fused-ring (bicyclic) bond motifs is 1. The molecule has 3 rings (SSSR count). The summed E-state index contributed by atoms with van der Waals surface area (Å²) in [5.41, 5.74) is 8.29. The van der Waals surface area contributed by atoms with Crippen molar-refractivity contribution < 1.29 is 0 Å². The number of hydrogen-bond donors (Lipinski definition) is 1. The van der Waals surface area contributed by atoms with E-state index in [1.807, 2.05) is 12.3 Å². The Hall–Kier alpha value is -1.45. The number of pyridine rings is 1. The average Bonchev–Trinajstić information content (AvgIpc) is 2.41. The molecule has 2 N–H and O–H groups in total. The highest BCUT2D eigenvalue weighted by atomic mass is 15.1. The van der Waals surface area contributed by atoms with E-state index in [2.05, 4.69) is 34.1 Å². The number of nitrogens with zero attached hydrogens (tertiary/aromatic N) is 2. The van der Waals surface area contributed by atoms with Crippen molar-refractivity contribution in [3.63, 3.8) is 0 Å². The van der Waals surface area contributed by atoms with Gasteiger partial charge >= 0.3 is 0 Å². The van der Waals surface area contributed by atoms with E-state index < -0.39 is 0 Å². The molecule has 3 nitrogen and oxygen atoms in total. The molecule has 0 atom stereocenters.